The number of benzene rings is 1. The largest absolute Gasteiger partial charge is 0.355 e. The van der Waals surface area contributed by atoms with Crippen LogP contribution in [0.1, 0.15) is 18.4 Å². The number of piperidine rings is 1. The molecule has 1 aromatic heterocycles. The van der Waals surface area contributed by atoms with E-state index in [4.69, 9.17) is 11.6 Å². The van der Waals surface area contributed by atoms with Gasteiger partial charge in [0.15, 0.2) is 0 Å². The van der Waals surface area contributed by atoms with E-state index < -0.39 is 10.0 Å². The number of hydrogen-bond donors (Lipinski definition) is 1. The van der Waals surface area contributed by atoms with Gasteiger partial charge in [-0.05, 0) is 59.5 Å². The Morgan fingerprint density at radius 2 is 2.07 bits per heavy atom. The first-order valence-electron chi connectivity index (χ1n) is 9.09. The molecule has 1 fully saturated rings. The van der Waals surface area contributed by atoms with Crippen molar-refractivity contribution < 1.29 is 13.2 Å². The van der Waals surface area contributed by atoms with E-state index in [0.717, 1.165) is 11.5 Å². The molecule has 1 saturated heterocycles. The number of rotatable bonds is 8. The Morgan fingerprint density at radius 3 is 2.79 bits per heavy atom. The highest BCUT2D eigenvalue weighted by molar-refractivity contribution is 7.98. The highest BCUT2D eigenvalue weighted by Crippen LogP contribution is 2.25. The Labute approximate surface area is 179 Å². The Hall–Kier alpha value is -1.06. The van der Waals surface area contributed by atoms with Gasteiger partial charge in [-0.1, -0.05) is 11.6 Å². The van der Waals surface area contributed by atoms with Crippen LogP contribution in [0.15, 0.2) is 46.0 Å². The summed E-state index contributed by atoms with van der Waals surface area (Å²) in [4.78, 5) is 12.7. The van der Waals surface area contributed by atoms with Crippen LogP contribution in [0.5, 0.6) is 0 Å². The summed E-state index contributed by atoms with van der Waals surface area (Å²) >= 11 is 9.31. The summed E-state index contributed by atoms with van der Waals surface area (Å²) in [6, 6.07) is 8.25. The Bertz CT molecular complexity index is 870. The quantitative estimate of drug-likeness (QED) is 0.610. The fourth-order valence-electron chi connectivity index (χ4n) is 3.09. The smallest absolute Gasteiger partial charge is 0.243 e. The Balaban J connectivity index is 1.48. The second-order valence-corrected chi connectivity index (χ2v) is 10.9. The number of thiophene rings is 1. The zero-order chi connectivity index (χ0) is 20.0. The molecule has 1 aliphatic heterocycles. The zero-order valence-corrected chi connectivity index (χ0v) is 18.5. The fourth-order valence-corrected chi connectivity index (χ4v) is 6.32. The number of thioether (sulfide) groups is 1. The molecule has 1 aliphatic rings. The number of hydrogen-bond acceptors (Lipinski definition) is 5. The normalized spacial score (nSPS) is 18.1. The first-order valence-corrected chi connectivity index (χ1v) is 13.0. The average molecular weight is 459 g/mol. The van der Waals surface area contributed by atoms with Crippen LogP contribution < -0.4 is 5.32 Å². The number of carbonyl (C=O) groups is 1. The van der Waals surface area contributed by atoms with Gasteiger partial charge >= 0.3 is 0 Å². The predicted octanol–water partition coefficient (Wildman–Crippen LogP) is 3.85. The maximum atomic E-state index is 12.8. The van der Waals surface area contributed by atoms with Crippen molar-refractivity contribution in [1.82, 2.24) is 9.62 Å². The van der Waals surface area contributed by atoms with Gasteiger partial charge in [-0.3, -0.25) is 4.79 Å². The van der Waals surface area contributed by atoms with Gasteiger partial charge in [-0.25, -0.2) is 8.42 Å². The molecule has 5 nitrogen and oxygen atoms in total. The minimum Gasteiger partial charge on any atom is -0.355 e. The van der Waals surface area contributed by atoms with Gasteiger partial charge in [0.05, 0.1) is 10.8 Å². The van der Waals surface area contributed by atoms with Crippen LogP contribution in [-0.2, 0) is 20.6 Å². The van der Waals surface area contributed by atoms with Crippen molar-refractivity contribution >= 4 is 50.6 Å². The van der Waals surface area contributed by atoms with Crippen molar-refractivity contribution in [2.24, 2.45) is 5.92 Å². The Morgan fingerprint density at radius 1 is 1.29 bits per heavy atom. The monoisotopic (exact) mass is 458 g/mol. The molecule has 28 heavy (non-hydrogen) atoms. The minimum atomic E-state index is -3.61. The van der Waals surface area contributed by atoms with E-state index >= 15 is 0 Å². The van der Waals surface area contributed by atoms with E-state index in [1.165, 1.54) is 22.0 Å². The molecule has 1 unspecified atom stereocenters. The number of sulfonamides is 1. The van der Waals surface area contributed by atoms with Gasteiger partial charge in [0.2, 0.25) is 15.9 Å². The van der Waals surface area contributed by atoms with Crippen LogP contribution in [0.4, 0.5) is 0 Å². The van der Waals surface area contributed by atoms with Crippen LogP contribution in [0.3, 0.4) is 0 Å². The number of carbonyl (C=O) groups excluding carboxylic acids is 1. The third kappa shape index (κ3) is 5.73. The van der Waals surface area contributed by atoms with Gasteiger partial charge in [-0.2, -0.15) is 27.4 Å². The van der Waals surface area contributed by atoms with E-state index in [9.17, 15) is 13.2 Å². The predicted molar refractivity (Wildman–Crippen MR) is 116 cm³/mol. The SMILES string of the molecule is O=C(NCCSCc1ccsc1)C1CCCN(S(=O)(=O)c2ccc(Cl)cc2)C1. The van der Waals surface area contributed by atoms with Crippen LogP contribution >= 0.6 is 34.7 Å². The second kappa shape index (κ2) is 10.1. The number of amides is 1. The van der Waals surface area contributed by atoms with Crippen LogP contribution in [0.25, 0.3) is 0 Å². The highest BCUT2D eigenvalue weighted by Gasteiger charge is 2.33. The molecule has 1 atom stereocenters. The van der Waals surface area contributed by atoms with E-state index in [1.807, 2.05) is 0 Å². The standard InChI is InChI=1S/C19H23ClN2O3S3/c20-17-3-5-18(6-4-17)28(24,25)22-9-1-2-16(12-22)19(23)21-8-11-27-14-15-7-10-26-13-15/h3-7,10,13,16H,1-2,8-9,11-12,14H2,(H,21,23). The summed E-state index contributed by atoms with van der Waals surface area (Å²) in [5, 5.41) is 7.64. The molecule has 152 valence electrons. The van der Waals surface area contributed by atoms with Crippen LogP contribution in [-0.4, -0.2) is 44.0 Å². The van der Waals surface area contributed by atoms with E-state index in [0.29, 0.717) is 31.0 Å². The molecule has 1 N–H and O–H groups in total. The molecule has 2 heterocycles. The van der Waals surface area contributed by atoms with E-state index in [2.05, 4.69) is 22.1 Å². The van der Waals surface area contributed by atoms with Gasteiger partial charge in [-0.15, -0.1) is 0 Å². The number of nitrogens with zero attached hydrogens (tertiary/aromatic N) is 1. The van der Waals surface area contributed by atoms with Crippen molar-refractivity contribution in [3.8, 4) is 0 Å². The average Bonchev–Trinajstić information content (AvgIpc) is 3.21. The van der Waals surface area contributed by atoms with Gasteiger partial charge in [0.1, 0.15) is 0 Å². The topological polar surface area (TPSA) is 66.5 Å². The lowest BCUT2D eigenvalue weighted by Crippen LogP contribution is -2.45. The number of nitrogens with one attached hydrogen (secondary N) is 1. The lowest BCUT2D eigenvalue weighted by Gasteiger charge is -2.31. The fraction of sp³-hybridized carbons (Fsp3) is 0.421. The summed E-state index contributed by atoms with van der Waals surface area (Å²) in [7, 11) is -3.61. The van der Waals surface area contributed by atoms with Crippen molar-refractivity contribution in [2.75, 3.05) is 25.4 Å². The molecule has 0 radical (unpaired) electrons. The molecule has 1 aromatic carbocycles. The van der Waals surface area contributed by atoms with Gasteiger partial charge < -0.3 is 5.32 Å². The van der Waals surface area contributed by atoms with Crippen molar-refractivity contribution in [2.45, 2.75) is 23.5 Å². The zero-order valence-electron chi connectivity index (χ0n) is 15.3. The maximum Gasteiger partial charge on any atom is 0.243 e. The highest BCUT2D eigenvalue weighted by atomic mass is 35.5. The second-order valence-electron chi connectivity index (χ2n) is 6.63. The minimum absolute atomic E-state index is 0.0628. The first-order chi connectivity index (χ1) is 13.5. The van der Waals surface area contributed by atoms with Crippen molar-refractivity contribution in [3.05, 3.63) is 51.7 Å². The molecular weight excluding hydrogens is 436 g/mol. The Kier molecular flexibility index (Phi) is 7.82. The molecule has 2 aromatic rings. The molecule has 0 aliphatic carbocycles. The van der Waals surface area contributed by atoms with Crippen molar-refractivity contribution in [3.63, 3.8) is 0 Å². The summed E-state index contributed by atoms with van der Waals surface area (Å²) in [6.07, 6.45) is 1.39. The first kappa shape index (κ1) is 21.6. The van der Waals surface area contributed by atoms with Crippen LogP contribution in [0.2, 0.25) is 5.02 Å². The summed E-state index contributed by atoms with van der Waals surface area (Å²) < 4.78 is 27.1. The molecule has 1 amide bonds. The number of halogens is 1. The lowest BCUT2D eigenvalue weighted by molar-refractivity contribution is -0.125. The van der Waals surface area contributed by atoms with Gasteiger partial charge in [0, 0.05) is 36.2 Å². The van der Waals surface area contributed by atoms with E-state index in [1.54, 1.807) is 35.2 Å². The summed E-state index contributed by atoms with van der Waals surface area (Å²) in [5.41, 5.74) is 1.30. The third-order valence-electron chi connectivity index (χ3n) is 4.60. The van der Waals surface area contributed by atoms with Gasteiger partial charge in [0.25, 0.3) is 0 Å². The van der Waals surface area contributed by atoms with Crippen molar-refractivity contribution in [1.29, 1.82) is 0 Å². The molecule has 9 heteroatoms. The maximum absolute atomic E-state index is 12.8. The molecule has 0 spiro atoms. The third-order valence-corrected chi connectivity index (χ3v) is 8.49. The molecule has 3 rings (SSSR count). The molecular formula is C19H23ClN2O3S3. The summed E-state index contributed by atoms with van der Waals surface area (Å²) in [6.45, 7) is 1.25. The molecule has 0 bridgehead atoms. The molecule has 0 saturated carbocycles. The van der Waals surface area contributed by atoms with E-state index in [-0.39, 0.29) is 23.3 Å². The summed E-state index contributed by atoms with van der Waals surface area (Å²) in [5.74, 6) is 1.40. The lowest BCUT2D eigenvalue weighted by atomic mass is 9.99. The van der Waals surface area contributed by atoms with Crippen LogP contribution in [0, 0.1) is 5.92 Å².